The SMILES string of the molecule is CC(NC(=O)C(C)(C)C)C(=O)N(C)CC1CCCC1O. The van der Waals surface area contributed by atoms with Gasteiger partial charge in [-0.15, -0.1) is 0 Å². The third kappa shape index (κ3) is 4.47. The van der Waals surface area contributed by atoms with Gasteiger partial charge in [0.2, 0.25) is 11.8 Å². The highest BCUT2D eigenvalue weighted by atomic mass is 16.3. The van der Waals surface area contributed by atoms with Crippen LogP contribution in [0.5, 0.6) is 0 Å². The van der Waals surface area contributed by atoms with E-state index in [2.05, 4.69) is 5.32 Å². The van der Waals surface area contributed by atoms with Crippen molar-refractivity contribution in [1.29, 1.82) is 0 Å². The maximum atomic E-state index is 12.2. The molecule has 3 unspecified atom stereocenters. The van der Waals surface area contributed by atoms with Crippen LogP contribution < -0.4 is 5.32 Å². The highest BCUT2D eigenvalue weighted by Gasteiger charge is 2.30. The highest BCUT2D eigenvalue weighted by Crippen LogP contribution is 2.26. The number of hydrogen-bond donors (Lipinski definition) is 2. The number of likely N-dealkylation sites (N-methyl/N-ethyl adjacent to an activating group) is 1. The van der Waals surface area contributed by atoms with Crippen LogP contribution >= 0.6 is 0 Å². The molecule has 5 heteroatoms. The Bertz CT molecular complexity index is 363. The van der Waals surface area contributed by atoms with E-state index in [1.54, 1.807) is 18.9 Å². The summed E-state index contributed by atoms with van der Waals surface area (Å²) in [6.07, 6.45) is 2.50. The summed E-state index contributed by atoms with van der Waals surface area (Å²) < 4.78 is 0. The number of carbonyl (C=O) groups is 2. The lowest BCUT2D eigenvalue weighted by Crippen LogP contribution is -2.49. The van der Waals surface area contributed by atoms with Crippen molar-refractivity contribution < 1.29 is 14.7 Å². The van der Waals surface area contributed by atoms with Crippen molar-refractivity contribution in [2.75, 3.05) is 13.6 Å². The first-order valence-electron chi connectivity index (χ1n) is 7.37. The van der Waals surface area contributed by atoms with E-state index in [0.29, 0.717) is 6.54 Å². The van der Waals surface area contributed by atoms with Gasteiger partial charge in [-0.1, -0.05) is 27.2 Å². The van der Waals surface area contributed by atoms with Gasteiger partial charge in [-0.25, -0.2) is 0 Å². The fraction of sp³-hybridized carbons (Fsp3) is 0.867. The summed E-state index contributed by atoms with van der Waals surface area (Å²) in [5.74, 6) is -0.0798. The number of rotatable bonds is 4. The molecule has 116 valence electrons. The largest absolute Gasteiger partial charge is 0.393 e. The van der Waals surface area contributed by atoms with Gasteiger partial charge in [0.05, 0.1) is 6.10 Å². The summed E-state index contributed by atoms with van der Waals surface area (Å²) in [6, 6.07) is -0.537. The molecule has 0 aliphatic heterocycles. The maximum Gasteiger partial charge on any atom is 0.244 e. The van der Waals surface area contributed by atoms with E-state index in [4.69, 9.17) is 0 Å². The number of nitrogens with zero attached hydrogens (tertiary/aromatic N) is 1. The number of amides is 2. The number of nitrogens with one attached hydrogen (secondary N) is 1. The average Bonchev–Trinajstić information content (AvgIpc) is 2.72. The monoisotopic (exact) mass is 284 g/mol. The van der Waals surface area contributed by atoms with Crippen LogP contribution in [0.2, 0.25) is 0 Å². The molecule has 0 heterocycles. The number of hydrogen-bond acceptors (Lipinski definition) is 3. The lowest BCUT2D eigenvalue weighted by molar-refractivity contribution is -0.137. The second kappa shape index (κ2) is 6.57. The van der Waals surface area contributed by atoms with Crippen molar-refractivity contribution in [3.8, 4) is 0 Å². The third-order valence-corrected chi connectivity index (χ3v) is 3.90. The fourth-order valence-corrected chi connectivity index (χ4v) is 2.48. The quantitative estimate of drug-likeness (QED) is 0.814. The van der Waals surface area contributed by atoms with Crippen LogP contribution in [0.25, 0.3) is 0 Å². The summed E-state index contributed by atoms with van der Waals surface area (Å²) in [5, 5.41) is 12.5. The molecule has 2 N–H and O–H groups in total. The molecule has 0 aromatic rings. The van der Waals surface area contributed by atoms with Crippen LogP contribution in [-0.4, -0.2) is 47.6 Å². The van der Waals surface area contributed by atoms with Gasteiger partial charge in [-0.05, 0) is 19.8 Å². The van der Waals surface area contributed by atoms with Crippen molar-refractivity contribution >= 4 is 11.8 Å². The molecule has 0 radical (unpaired) electrons. The van der Waals surface area contributed by atoms with Gasteiger partial charge in [-0.2, -0.15) is 0 Å². The van der Waals surface area contributed by atoms with Gasteiger partial charge in [0.15, 0.2) is 0 Å². The van der Waals surface area contributed by atoms with Crippen LogP contribution in [0.3, 0.4) is 0 Å². The van der Waals surface area contributed by atoms with Crippen molar-refractivity contribution in [1.82, 2.24) is 10.2 Å². The van der Waals surface area contributed by atoms with Gasteiger partial charge in [0.25, 0.3) is 0 Å². The van der Waals surface area contributed by atoms with Crippen LogP contribution in [-0.2, 0) is 9.59 Å². The summed E-state index contributed by atoms with van der Waals surface area (Å²) in [5.41, 5.74) is -0.505. The molecule has 1 aliphatic carbocycles. The van der Waals surface area contributed by atoms with Gasteiger partial charge in [0, 0.05) is 24.9 Å². The molecule has 1 aliphatic rings. The average molecular weight is 284 g/mol. The molecule has 0 bridgehead atoms. The van der Waals surface area contributed by atoms with Crippen LogP contribution in [0, 0.1) is 11.3 Å². The molecule has 1 fully saturated rings. The molecule has 0 spiro atoms. The lowest BCUT2D eigenvalue weighted by Gasteiger charge is -2.27. The lowest BCUT2D eigenvalue weighted by atomic mass is 9.95. The molecule has 20 heavy (non-hydrogen) atoms. The first-order chi connectivity index (χ1) is 9.12. The molecule has 5 nitrogen and oxygen atoms in total. The number of carbonyl (C=O) groups excluding carboxylic acids is 2. The smallest absolute Gasteiger partial charge is 0.244 e. The molecular weight excluding hydrogens is 256 g/mol. The minimum Gasteiger partial charge on any atom is -0.393 e. The van der Waals surface area contributed by atoms with Gasteiger partial charge in [-0.3, -0.25) is 9.59 Å². The van der Waals surface area contributed by atoms with Crippen LogP contribution in [0.4, 0.5) is 0 Å². The summed E-state index contributed by atoms with van der Waals surface area (Å²) >= 11 is 0. The molecule has 0 aromatic heterocycles. The first-order valence-corrected chi connectivity index (χ1v) is 7.37. The summed E-state index contributed by atoms with van der Waals surface area (Å²) in [7, 11) is 1.73. The van der Waals surface area contributed by atoms with Crippen molar-refractivity contribution in [2.45, 2.75) is 59.1 Å². The van der Waals surface area contributed by atoms with Gasteiger partial charge in [0.1, 0.15) is 6.04 Å². The van der Waals surface area contributed by atoms with Crippen molar-refractivity contribution in [3.63, 3.8) is 0 Å². The Kier molecular flexibility index (Phi) is 5.57. The fourth-order valence-electron chi connectivity index (χ4n) is 2.48. The van der Waals surface area contributed by atoms with E-state index >= 15 is 0 Å². The second-order valence-electron chi connectivity index (χ2n) is 6.92. The highest BCUT2D eigenvalue weighted by molar-refractivity contribution is 5.89. The first kappa shape index (κ1) is 17.0. The molecule has 1 rings (SSSR count). The third-order valence-electron chi connectivity index (χ3n) is 3.90. The van der Waals surface area contributed by atoms with Gasteiger partial charge < -0.3 is 15.3 Å². The zero-order chi connectivity index (χ0) is 15.5. The topological polar surface area (TPSA) is 69.6 Å². The second-order valence-corrected chi connectivity index (χ2v) is 6.92. The van der Waals surface area contributed by atoms with Crippen molar-refractivity contribution in [3.05, 3.63) is 0 Å². The van der Waals surface area contributed by atoms with E-state index < -0.39 is 11.5 Å². The number of aliphatic hydroxyl groups excluding tert-OH is 1. The Morgan fingerprint density at radius 2 is 1.95 bits per heavy atom. The Balaban J connectivity index is 2.49. The van der Waals surface area contributed by atoms with Crippen LogP contribution in [0.1, 0.15) is 47.0 Å². The Hall–Kier alpha value is -1.10. The van der Waals surface area contributed by atoms with Crippen LogP contribution in [0.15, 0.2) is 0 Å². The summed E-state index contributed by atoms with van der Waals surface area (Å²) in [4.78, 5) is 25.7. The van der Waals surface area contributed by atoms with E-state index in [1.807, 2.05) is 20.8 Å². The van der Waals surface area contributed by atoms with E-state index in [1.165, 1.54) is 0 Å². The van der Waals surface area contributed by atoms with E-state index in [-0.39, 0.29) is 23.8 Å². The predicted molar refractivity (Wildman–Crippen MR) is 78.0 cm³/mol. The van der Waals surface area contributed by atoms with Crippen molar-refractivity contribution in [2.24, 2.45) is 11.3 Å². The Morgan fingerprint density at radius 3 is 2.40 bits per heavy atom. The summed E-state index contributed by atoms with van der Waals surface area (Å²) in [6.45, 7) is 7.71. The number of aliphatic hydroxyl groups is 1. The van der Waals surface area contributed by atoms with E-state index in [0.717, 1.165) is 19.3 Å². The molecular formula is C15H28N2O3. The zero-order valence-electron chi connectivity index (χ0n) is 13.3. The van der Waals surface area contributed by atoms with Gasteiger partial charge >= 0.3 is 0 Å². The standard InChI is InChI=1S/C15H28N2O3/c1-10(16-14(20)15(2,3)4)13(19)17(5)9-11-7-6-8-12(11)18/h10-12,18H,6-9H2,1-5H3,(H,16,20). The molecule has 0 saturated heterocycles. The molecule has 3 atom stereocenters. The zero-order valence-corrected chi connectivity index (χ0v) is 13.3. The maximum absolute atomic E-state index is 12.2. The Morgan fingerprint density at radius 1 is 1.35 bits per heavy atom. The minimum atomic E-state index is -0.537. The predicted octanol–water partition coefficient (Wildman–Crippen LogP) is 1.16. The van der Waals surface area contributed by atoms with E-state index in [9.17, 15) is 14.7 Å². The molecule has 2 amide bonds. The molecule has 1 saturated carbocycles. The normalized spacial score (nSPS) is 24.3. The Labute approximate surface area is 121 Å². The molecule has 0 aromatic carbocycles. The minimum absolute atomic E-state index is 0.110.